The summed E-state index contributed by atoms with van der Waals surface area (Å²) in [5, 5.41) is 9.36. The number of hydrogen-bond acceptors (Lipinski definition) is 4. The number of allylic oxidation sites excluding steroid dienone is 1. The van der Waals surface area contributed by atoms with Crippen molar-refractivity contribution < 1.29 is 19.3 Å². The zero-order valence-electron chi connectivity index (χ0n) is 14.3. The van der Waals surface area contributed by atoms with Gasteiger partial charge < -0.3 is 19.3 Å². The van der Waals surface area contributed by atoms with Crippen LogP contribution in [-0.4, -0.2) is 50.3 Å². The van der Waals surface area contributed by atoms with Gasteiger partial charge in [-0.3, -0.25) is 0 Å². The van der Waals surface area contributed by atoms with Gasteiger partial charge in [0, 0.05) is 14.2 Å². The molecule has 1 fully saturated rings. The van der Waals surface area contributed by atoms with Crippen LogP contribution in [-0.2, 0) is 14.2 Å². The minimum atomic E-state index is -0.259. The Balaban J connectivity index is 2.12. The molecule has 0 aliphatic carbocycles. The van der Waals surface area contributed by atoms with Gasteiger partial charge in [-0.1, -0.05) is 44.6 Å². The maximum Gasteiger partial charge on any atom is 0.114 e. The van der Waals surface area contributed by atoms with Crippen LogP contribution in [0.2, 0.25) is 0 Å². The van der Waals surface area contributed by atoms with E-state index in [9.17, 15) is 5.11 Å². The van der Waals surface area contributed by atoms with Gasteiger partial charge in [0.1, 0.15) is 18.3 Å². The van der Waals surface area contributed by atoms with Crippen LogP contribution in [0.1, 0.15) is 57.8 Å². The van der Waals surface area contributed by atoms with E-state index in [-0.39, 0.29) is 31.0 Å². The molecule has 0 spiro atoms. The molecule has 22 heavy (non-hydrogen) atoms. The highest BCUT2D eigenvalue weighted by Gasteiger charge is 2.44. The van der Waals surface area contributed by atoms with Crippen molar-refractivity contribution in [3.05, 3.63) is 12.7 Å². The van der Waals surface area contributed by atoms with Crippen molar-refractivity contribution in [1.29, 1.82) is 0 Å². The van der Waals surface area contributed by atoms with Gasteiger partial charge in [0.2, 0.25) is 0 Å². The van der Waals surface area contributed by atoms with E-state index in [2.05, 4.69) is 6.58 Å². The number of hydrogen-bond donors (Lipinski definition) is 1. The van der Waals surface area contributed by atoms with Crippen LogP contribution < -0.4 is 0 Å². The summed E-state index contributed by atoms with van der Waals surface area (Å²) in [5.41, 5.74) is 0. The molecule has 0 aromatic heterocycles. The average molecular weight is 314 g/mol. The Hall–Kier alpha value is -0.420. The molecule has 1 heterocycles. The third-order valence-electron chi connectivity index (χ3n) is 4.53. The molecule has 0 aromatic carbocycles. The summed E-state index contributed by atoms with van der Waals surface area (Å²) >= 11 is 0. The molecule has 0 saturated carbocycles. The molecular weight excluding hydrogens is 280 g/mol. The van der Waals surface area contributed by atoms with Crippen molar-refractivity contribution >= 4 is 0 Å². The summed E-state index contributed by atoms with van der Waals surface area (Å²) in [6.07, 6.45) is 12.6. The predicted octanol–water partition coefficient (Wildman–Crippen LogP) is 3.47. The third kappa shape index (κ3) is 6.37. The van der Waals surface area contributed by atoms with Crippen molar-refractivity contribution in [2.24, 2.45) is 0 Å². The SMILES string of the molecule is C=CCCCCCCCCC[C@H]1O[C@H](CO)[C@@H](OC)[C@@H]1OC. The number of ether oxygens (including phenoxy) is 3. The highest BCUT2D eigenvalue weighted by molar-refractivity contribution is 4.92. The van der Waals surface area contributed by atoms with Gasteiger partial charge >= 0.3 is 0 Å². The normalized spacial score (nSPS) is 28.1. The second kappa shape index (κ2) is 12.1. The van der Waals surface area contributed by atoms with Crippen molar-refractivity contribution in [1.82, 2.24) is 0 Å². The quantitative estimate of drug-likeness (QED) is 0.418. The van der Waals surface area contributed by atoms with Gasteiger partial charge in [-0.25, -0.2) is 0 Å². The van der Waals surface area contributed by atoms with E-state index in [0.717, 1.165) is 19.3 Å². The summed E-state index contributed by atoms with van der Waals surface area (Å²) in [6.45, 7) is 3.73. The maximum atomic E-state index is 9.36. The van der Waals surface area contributed by atoms with E-state index in [1.54, 1.807) is 14.2 Å². The highest BCUT2D eigenvalue weighted by atomic mass is 16.6. The topological polar surface area (TPSA) is 47.9 Å². The van der Waals surface area contributed by atoms with Gasteiger partial charge in [0.15, 0.2) is 0 Å². The number of rotatable bonds is 13. The molecule has 4 nitrogen and oxygen atoms in total. The molecule has 0 amide bonds. The smallest absolute Gasteiger partial charge is 0.114 e. The van der Waals surface area contributed by atoms with E-state index in [0.29, 0.717) is 0 Å². The van der Waals surface area contributed by atoms with Crippen molar-refractivity contribution in [3.8, 4) is 0 Å². The Kier molecular flexibility index (Phi) is 10.8. The fourth-order valence-corrected chi connectivity index (χ4v) is 3.27. The average Bonchev–Trinajstić information content (AvgIpc) is 2.90. The Bertz CT molecular complexity index is 282. The summed E-state index contributed by atoms with van der Waals surface area (Å²) in [6, 6.07) is 0. The van der Waals surface area contributed by atoms with Crippen molar-refractivity contribution in [2.45, 2.75) is 82.2 Å². The van der Waals surface area contributed by atoms with Crippen LogP contribution in [0.25, 0.3) is 0 Å². The maximum absolute atomic E-state index is 9.36. The first-order valence-electron chi connectivity index (χ1n) is 8.71. The van der Waals surface area contributed by atoms with Gasteiger partial charge in [-0.15, -0.1) is 6.58 Å². The standard InChI is InChI=1S/C18H34O4/c1-4-5-6-7-8-9-10-11-12-13-15-17(20-2)18(21-3)16(14-19)22-15/h4,15-19H,1,5-14H2,2-3H3/t15-,16-,17-,18-/m1/s1. The number of aliphatic hydroxyl groups is 1. The monoisotopic (exact) mass is 314 g/mol. The fraction of sp³-hybridized carbons (Fsp3) is 0.889. The number of unbranched alkanes of at least 4 members (excludes halogenated alkanes) is 7. The molecule has 0 unspecified atom stereocenters. The first-order valence-corrected chi connectivity index (χ1v) is 8.71. The second-order valence-corrected chi connectivity index (χ2v) is 6.14. The lowest BCUT2D eigenvalue weighted by molar-refractivity contribution is -0.0399. The molecule has 0 aromatic rings. The molecule has 1 saturated heterocycles. The van der Waals surface area contributed by atoms with Crippen LogP contribution in [0.3, 0.4) is 0 Å². The van der Waals surface area contributed by atoms with E-state index in [1.165, 1.54) is 38.5 Å². The molecule has 1 rings (SSSR count). The Morgan fingerprint density at radius 1 is 0.909 bits per heavy atom. The molecule has 1 N–H and O–H groups in total. The Labute approximate surface area is 135 Å². The van der Waals surface area contributed by atoms with Crippen LogP contribution in [0.5, 0.6) is 0 Å². The number of aliphatic hydroxyl groups excluding tert-OH is 1. The molecule has 4 heteroatoms. The van der Waals surface area contributed by atoms with Gasteiger partial charge in [-0.05, 0) is 19.3 Å². The molecule has 0 bridgehead atoms. The lowest BCUT2D eigenvalue weighted by Gasteiger charge is -2.21. The van der Waals surface area contributed by atoms with E-state index in [4.69, 9.17) is 14.2 Å². The molecule has 4 atom stereocenters. The first-order chi connectivity index (χ1) is 10.8. The summed E-state index contributed by atoms with van der Waals surface area (Å²) in [4.78, 5) is 0. The predicted molar refractivity (Wildman–Crippen MR) is 89.1 cm³/mol. The minimum absolute atomic E-state index is 0.0143. The molecular formula is C18H34O4. The van der Waals surface area contributed by atoms with Gasteiger partial charge in [0.05, 0.1) is 12.7 Å². The minimum Gasteiger partial charge on any atom is -0.394 e. The second-order valence-electron chi connectivity index (χ2n) is 6.14. The molecule has 0 radical (unpaired) electrons. The first kappa shape index (κ1) is 19.6. The fourth-order valence-electron chi connectivity index (χ4n) is 3.27. The molecule has 1 aliphatic rings. The lowest BCUT2D eigenvalue weighted by Crippen LogP contribution is -2.37. The largest absolute Gasteiger partial charge is 0.394 e. The Morgan fingerprint density at radius 3 is 2.00 bits per heavy atom. The molecule has 130 valence electrons. The zero-order chi connectivity index (χ0) is 16.2. The third-order valence-corrected chi connectivity index (χ3v) is 4.53. The summed E-state index contributed by atoms with van der Waals surface area (Å²) in [7, 11) is 3.34. The zero-order valence-corrected chi connectivity index (χ0v) is 14.3. The summed E-state index contributed by atoms with van der Waals surface area (Å²) < 4.78 is 16.8. The van der Waals surface area contributed by atoms with E-state index < -0.39 is 0 Å². The van der Waals surface area contributed by atoms with Crippen molar-refractivity contribution in [2.75, 3.05) is 20.8 Å². The van der Waals surface area contributed by atoms with Crippen LogP contribution in [0, 0.1) is 0 Å². The van der Waals surface area contributed by atoms with Crippen LogP contribution in [0.4, 0.5) is 0 Å². The van der Waals surface area contributed by atoms with Crippen LogP contribution in [0.15, 0.2) is 12.7 Å². The van der Waals surface area contributed by atoms with Crippen LogP contribution >= 0.6 is 0 Å². The van der Waals surface area contributed by atoms with E-state index >= 15 is 0 Å². The summed E-state index contributed by atoms with van der Waals surface area (Å²) in [5.74, 6) is 0. The molecule has 1 aliphatic heterocycles. The highest BCUT2D eigenvalue weighted by Crippen LogP contribution is 2.29. The van der Waals surface area contributed by atoms with Crippen molar-refractivity contribution in [3.63, 3.8) is 0 Å². The Morgan fingerprint density at radius 2 is 1.45 bits per heavy atom. The van der Waals surface area contributed by atoms with Gasteiger partial charge in [0.25, 0.3) is 0 Å². The number of methoxy groups -OCH3 is 2. The lowest BCUT2D eigenvalue weighted by atomic mass is 10.0. The van der Waals surface area contributed by atoms with E-state index in [1.807, 2.05) is 6.08 Å². The van der Waals surface area contributed by atoms with Gasteiger partial charge in [-0.2, -0.15) is 0 Å².